The third-order valence-corrected chi connectivity index (χ3v) is 14.6. The first-order valence-corrected chi connectivity index (χ1v) is 23.5. The first-order chi connectivity index (χ1) is 30.2. The molecule has 0 amide bonds. The van der Waals surface area contributed by atoms with Gasteiger partial charge >= 0.3 is 6.85 Å². The van der Waals surface area contributed by atoms with E-state index in [1.54, 1.807) is 0 Å². The van der Waals surface area contributed by atoms with Crippen LogP contribution in [0.25, 0.3) is 83.0 Å². The number of nitrogens with zero attached hydrogens (tertiary/aromatic N) is 2. The summed E-state index contributed by atoms with van der Waals surface area (Å²) < 4.78 is 5.45. The highest BCUT2D eigenvalue weighted by atomic mass is 15.0. The molecule has 2 nitrogen and oxygen atoms in total. The molecule has 2 aliphatic rings. The highest BCUT2D eigenvalue weighted by molar-refractivity contribution is 6.90. The SMILES string of the molecule is Cc1ccccc1-c1c(-c2ccccc2)n2c3c(cc(-c4ccc(C(C)(C)C)cc4)cc13)-c1cc(C(C)(C)C)cc3c1B2c1cc(C(C)(C)C)cc2c4cc(C(C)(C)C)ccc4n-3c12. The molecule has 9 aromatic rings. The number of hydrogen-bond acceptors (Lipinski definition) is 0. The van der Waals surface area contributed by atoms with Crippen molar-refractivity contribution < 1.29 is 0 Å². The Hall–Kier alpha value is -6.06. The van der Waals surface area contributed by atoms with Crippen LogP contribution in [0, 0.1) is 6.92 Å². The van der Waals surface area contributed by atoms with Gasteiger partial charge in [0.1, 0.15) is 0 Å². The van der Waals surface area contributed by atoms with Crippen molar-refractivity contribution in [3.8, 4) is 50.3 Å². The fraction of sp³-hybridized carbons (Fsp3) is 0.279. The van der Waals surface area contributed by atoms with Gasteiger partial charge in [-0.15, -0.1) is 0 Å². The molecule has 0 saturated carbocycles. The van der Waals surface area contributed by atoms with Crippen LogP contribution in [0.2, 0.25) is 0 Å². The van der Waals surface area contributed by atoms with E-state index in [2.05, 4.69) is 233 Å². The van der Waals surface area contributed by atoms with Crippen molar-refractivity contribution in [3.63, 3.8) is 0 Å². The van der Waals surface area contributed by atoms with E-state index in [1.807, 2.05) is 0 Å². The second-order valence-electron chi connectivity index (χ2n) is 23.2. The molecule has 11 rings (SSSR count). The summed E-state index contributed by atoms with van der Waals surface area (Å²) in [6.07, 6.45) is 0. The minimum absolute atomic E-state index is 0.0168. The molecule has 0 unspecified atom stereocenters. The fourth-order valence-electron chi connectivity index (χ4n) is 11.0. The smallest absolute Gasteiger partial charge is 0.333 e. The van der Waals surface area contributed by atoms with E-state index < -0.39 is 0 Å². The number of aryl methyl sites for hydroxylation is 1. The molecule has 3 heteroatoms. The molecule has 0 saturated heterocycles. The summed E-state index contributed by atoms with van der Waals surface area (Å²) in [4.78, 5) is 0. The van der Waals surface area contributed by atoms with Crippen molar-refractivity contribution in [2.24, 2.45) is 0 Å². The molecular weight excluding hydrogens is 771 g/mol. The van der Waals surface area contributed by atoms with Crippen molar-refractivity contribution in [2.45, 2.75) is 112 Å². The summed E-state index contributed by atoms with van der Waals surface area (Å²) in [5.74, 6) is 0. The maximum absolute atomic E-state index is 2.79. The normalized spacial score (nSPS) is 13.7. The van der Waals surface area contributed by atoms with Crippen molar-refractivity contribution in [3.05, 3.63) is 161 Å². The Morgan fingerprint density at radius 3 is 1.69 bits per heavy atom. The molecule has 4 heterocycles. The Morgan fingerprint density at radius 1 is 0.422 bits per heavy atom. The average molecular weight is 833 g/mol. The van der Waals surface area contributed by atoms with Gasteiger partial charge in [-0.25, -0.2) is 0 Å². The fourth-order valence-corrected chi connectivity index (χ4v) is 11.0. The van der Waals surface area contributed by atoms with Gasteiger partial charge in [0, 0.05) is 44.2 Å². The molecule has 2 aromatic heterocycles. The van der Waals surface area contributed by atoms with Crippen molar-refractivity contribution in [1.82, 2.24) is 9.05 Å². The van der Waals surface area contributed by atoms with Crippen LogP contribution in [0.1, 0.15) is 111 Å². The van der Waals surface area contributed by atoms with Gasteiger partial charge in [0.15, 0.2) is 0 Å². The number of aromatic nitrogens is 2. The lowest BCUT2D eigenvalue weighted by atomic mass is 9.45. The van der Waals surface area contributed by atoms with E-state index >= 15 is 0 Å². The van der Waals surface area contributed by atoms with Gasteiger partial charge in [0.2, 0.25) is 0 Å². The molecule has 64 heavy (non-hydrogen) atoms. The zero-order valence-electron chi connectivity index (χ0n) is 40.2. The Labute approximate surface area is 381 Å². The van der Waals surface area contributed by atoms with Gasteiger partial charge < -0.3 is 9.05 Å². The van der Waals surface area contributed by atoms with Gasteiger partial charge in [-0.3, -0.25) is 0 Å². The molecule has 0 bridgehead atoms. The molecule has 0 aliphatic carbocycles. The van der Waals surface area contributed by atoms with E-state index in [4.69, 9.17) is 0 Å². The maximum Gasteiger partial charge on any atom is 0.333 e. The highest BCUT2D eigenvalue weighted by Gasteiger charge is 2.44. The molecular formula is C61H61BN2. The minimum Gasteiger partial charge on any atom is -0.375 e. The molecule has 318 valence electrons. The third kappa shape index (κ3) is 5.99. The molecule has 0 atom stereocenters. The summed E-state index contributed by atoms with van der Waals surface area (Å²) in [6, 6.07) is 52.2. The highest BCUT2D eigenvalue weighted by Crippen LogP contribution is 2.51. The Balaban J connectivity index is 1.38. The Bertz CT molecular complexity index is 3400. The van der Waals surface area contributed by atoms with Crippen molar-refractivity contribution >= 4 is 50.5 Å². The van der Waals surface area contributed by atoms with Crippen LogP contribution in [-0.4, -0.2) is 15.9 Å². The topological polar surface area (TPSA) is 9.86 Å². The lowest BCUT2D eigenvalue weighted by Crippen LogP contribution is -2.56. The molecule has 7 aromatic carbocycles. The van der Waals surface area contributed by atoms with Gasteiger partial charge in [-0.1, -0.05) is 180 Å². The summed E-state index contributed by atoms with van der Waals surface area (Å²) in [7, 11) is 0. The maximum atomic E-state index is 2.79. The molecule has 0 radical (unpaired) electrons. The van der Waals surface area contributed by atoms with E-state index in [0.717, 1.165) is 0 Å². The Kier molecular flexibility index (Phi) is 8.58. The predicted molar refractivity (Wildman–Crippen MR) is 278 cm³/mol. The van der Waals surface area contributed by atoms with Crippen LogP contribution in [0.15, 0.2) is 133 Å². The third-order valence-electron chi connectivity index (χ3n) is 14.6. The first kappa shape index (κ1) is 40.7. The summed E-state index contributed by atoms with van der Waals surface area (Å²) in [6.45, 7) is 30.4. The van der Waals surface area contributed by atoms with Crippen LogP contribution < -0.4 is 10.9 Å². The van der Waals surface area contributed by atoms with Crippen LogP contribution in [0.3, 0.4) is 0 Å². The van der Waals surface area contributed by atoms with Crippen molar-refractivity contribution in [2.75, 3.05) is 0 Å². The van der Waals surface area contributed by atoms with Crippen molar-refractivity contribution in [1.29, 1.82) is 0 Å². The second-order valence-corrected chi connectivity index (χ2v) is 23.2. The quantitative estimate of drug-likeness (QED) is 0.157. The predicted octanol–water partition coefficient (Wildman–Crippen LogP) is 15.2. The van der Waals surface area contributed by atoms with Gasteiger partial charge in [-0.2, -0.15) is 0 Å². The largest absolute Gasteiger partial charge is 0.375 e. The monoisotopic (exact) mass is 832 g/mol. The van der Waals surface area contributed by atoms with Gasteiger partial charge in [0.25, 0.3) is 0 Å². The number of benzene rings is 7. The van der Waals surface area contributed by atoms with Crippen LogP contribution in [0.5, 0.6) is 0 Å². The van der Waals surface area contributed by atoms with E-state index in [1.165, 1.54) is 122 Å². The molecule has 2 aliphatic heterocycles. The first-order valence-electron chi connectivity index (χ1n) is 23.5. The van der Waals surface area contributed by atoms with E-state index in [9.17, 15) is 0 Å². The summed E-state index contributed by atoms with van der Waals surface area (Å²) in [5.41, 5.74) is 24.9. The van der Waals surface area contributed by atoms with Gasteiger partial charge in [-0.05, 0) is 132 Å². The molecule has 0 N–H and O–H groups in total. The van der Waals surface area contributed by atoms with E-state index in [0.29, 0.717) is 0 Å². The van der Waals surface area contributed by atoms with Crippen LogP contribution >= 0.6 is 0 Å². The van der Waals surface area contributed by atoms with E-state index in [-0.39, 0.29) is 28.5 Å². The number of fused-ring (bicyclic) bond motifs is 7. The van der Waals surface area contributed by atoms with Crippen LogP contribution in [-0.2, 0) is 21.7 Å². The standard InChI is InChI=1S/C61H61BN2/c1-36-19-17-18-22-44(36)53-49-30-39(37-23-25-40(26-24-37)58(2,3)4)29-47-46-32-43(61(11,12)13)35-52-54(46)62(64(56(47)49)55(53)38-20-15-14-16-21-38)50-34-42(60(8,9)10)33-48-45-31-41(59(5,6)7)27-28-51(45)63(52)57(48)50/h14-35H,1-13H3. The lowest BCUT2D eigenvalue weighted by Gasteiger charge is -2.37. The van der Waals surface area contributed by atoms with Crippen LogP contribution in [0.4, 0.5) is 0 Å². The Morgan fingerprint density at radius 2 is 1.03 bits per heavy atom. The summed E-state index contributed by atoms with van der Waals surface area (Å²) in [5, 5.41) is 3.99. The number of hydrogen-bond donors (Lipinski definition) is 0. The summed E-state index contributed by atoms with van der Waals surface area (Å²) >= 11 is 0. The zero-order chi connectivity index (χ0) is 45.0. The molecule has 0 fully saturated rings. The number of rotatable bonds is 3. The van der Waals surface area contributed by atoms with Gasteiger partial charge in [0.05, 0.1) is 11.0 Å². The second kappa shape index (κ2) is 13.5. The minimum atomic E-state index is -0.0840. The molecule has 0 spiro atoms. The lowest BCUT2D eigenvalue weighted by molar-refractivity contribution is 0.590. The zero-order valence-corrected chi connectivity index (χ0v) is 40.2. The average Bonchev–Trinajstić information content (AvgIpc) is 3.76.